The van der Waals surface area contributed by atoms with Gasteiger partial charge in [-0.1, -0.05) is 65.7 Å². The van der Waals surface area contributed by atoms with Crippen LogP contribution >= 0.6 is 23.2 Å². The first-order chi connectivity index (χ1) is 12.0. The zero-order valence-corrected chi connectivity index (χ0v) is 15.2. The molecular formula is C20H18Cl2N2O. The van der Waals surface area contributed by atoms with E-state index < -0.39 is 0 Å². The van der Waals surface area contributed by atoms with Gasteiger partial charge in [-0.3, -0.25) is 4.79 Å². The van der Waals surface area contributed by atoms with Gasteiger partial charge < -0.3 is 10.6 Å². The van der Waals surface area contributed by atoms with Crippen molar-refractivity contribution in [1.29, 1.82) is 0 Å². The van der Waals surface area contributed by atoms with Crippen LogP contribution in [-0.2, 0) is 4.79 Å². The fourth-order valence-electron chi connectivity index (χ4n) is 2.77. The maximum absolute atomic E-state index is 12.2. The van der Waals surface area contributed by atoms with Crippen LogP contribution in [0, 0.1) is 0 Å². The molecular weight excluding hydrogens is 355 g/mol. The highest BCUT2D eigenvalue weighted by atomic mass is 35.5. The number of hydrogen-bond acceptors (Lipinski definition) is 2. The molecule has 0 fully saturated rings. The highest BCUT2D eigenvalue weighted by molar-refractivity contribution is 6.36. The smallest absolute Gasteiger partial charge is 0.238 e. The zero-order chi connectivity index (χ0) is 17.8. The Hall–Kier alpha value is -2.07. The minimum atomic E-state index is -0.156. The predicted molar refractivity (Wildman–Crippen MR) is 105 cm³/mol. The Morgan fingerprint density at radius 1 is 1.04 bits per heavy atom. The molecule has 0 spiro atoms. The van der Waals surface area contributed by atoms with Crippen molar-refractivity contribution in [2.45, 2.75) is 13.0 Å². The molecule has 0 aliphatic heterocycles. The molecule has 2 N–H and O–H groups in total. The van der Waals surface area contributed by atoms with E-state index in [4.69, 9.17) is 23.2 Å². The highest BCUT2D eigenvalue weighted by Crippen LogP contribution is 2.26. The molecule has 0 aliphatic rings. The SMILES string of the molecule is C[C@@H](NCC(=O)Nc1ccc(Cl)cc1Cl)c1cccc2ccccc12. The summed E-state index contributed by atoms with van der Waals surface area (Å²) in [6.45, 7) is 2.23. The summed E-state index contributed by atoms with van der Waals surface area (Å²) in [5.74, 6) is -0.156. The fourth-order valence-corrected chi connectivity index (χ4v) is 3.22. The lowest BCUT2D eigenvalue weighted by Crippen LogP contribution is -2.30. The van der Waals surface area contributed by atoms with Crippen LogP contribution < -0.4 is 10.6 Å². The topological polar surface area (TPSA) is 41.1 Å². The second kappa shape index (κ2) is 7.87. The van der Waals surface area contributed by atoms with E-state index >= 15 is 0 Å². The Morgan fingerprint density at radius 3 is 2.60 bits per heavy atom. The van der Waals surface area contributed by atoms with Gasteiger partial charge in [-0.05, 0) is 41.5 Å². The summed E-state index contributed by atoms with van der Waals surface area (Å²) in [4.78, 5) is 12.2. The van der Waals surface area contributed by atoms with Crippen molar-refractivity contribution >= 4 is 45.6 Å². The van der Waals surface area contributed by atoms with Crippen LogP contribution in [0.15, 0.2) is 60.7 Å². The number of halogens is 2. The van der Waals surface area contributed by atoms with Gasteiger partial charge in [-0.15, -0.1) is 0 Å². The molecule has 3 aromatic carbocycles. The second-order valence-electron chi connectivity index (χ2n) is 5.84. The zero-order valence-electron chi connectivity index (χ0n) is 13.7. The molecule has 0 aliphatic carbocycles. The quantitative estimate of drug-likeness (QED) is 0.626. The molecule has 3 nitrogen and oxygen atoms in total. The molecule has 3 rings (SSSR count). The Bertz CT molecular complexity index is 906. The van der Waals surface area contributed by atoms with Gasteiger partial charge in [0.2, 0.25) is 5.91 Å². The number of hydrogen-bond donors (Lipinski definition) is 2. The van der Waals surface area contributed by atoms with Gasteiger partial charge in [-0.2, -0.15) is 0 Å². The minimum Gasteiger partial charge on any atom is -0.324 e. The number of benzene rings is 3. The van der Waals surface area contributed by atoms with Crippen molar-refractivity contribution in [2.24, 2.45) is 0 Å². The first-order valence-corrected chi connectivity index (χ1v) is 8.76. The van der Waals surface area contributed by atoms with E-state index in [-0.39, 0.29) is 18.5 Å². The lowest BCUT2D eigenvalue weighted by molar-refractivity contribution is -0.115. The van der Waals surface area contributed by atoms with E-state index in [0.717, 1.165) is 5.56 Å². The number of anilines is 1. The molecule has 0 heterocycles. The summed E-state index contributed by atoms with van der Waals surface area (Å²) in [6.07, 6.45) is 0. The van der Waals surface area contributed by atoms with Crippen LogP contribution in [0.5, 0.6) is 0 Å². The summed E-state index contributed by atoms with van der Waals surface area (Å²) >= 11 is 11.9. The monoisotopic (exact) mass is 372 g/mol. The van der Waals surface area contributed by atoms with E-state index in [1.807, 2.05) is 25.1 Å². The molecule has 5 heteroatoms. The fraction of sp³-hybridized carbons (Fsp3) is 0.150. The van der Waals surface area contributed by atoms with Crippen LogP contribution in [0.1, 0.15) is 18.5 Å². The molecule has 0 unspecified atom stereocenters. The maximum atomic E-state index is 12.2. The predicted octanol–water partition coefficient (Wildman–Crippen LogP) is 5.44. The standard InChI is InChI=1S/C20H18Cl2N2O/c1-13(16-8-4-6-14-5-2-3-7-17(14)16)23-12-20(25)24-19-10-9-15(21)11-18(19)22/h2-11,13,23H,12H2,1H3,(H,24,25)/t13-/m1/s1. The van der Waals surface area contributed by atoms with Gasteiger partial charge >= 0.3 is 0 Å². The number of fused-ring (bicyclic) bond motifs is 1. The van der Waals surface area contributed by atoms with Gasteiger partial charge in [0.15, 0.2) is 0 Å². The molecule has 128 valence electrons. The summed E-state index contributed by atoms with van der Waals surface area (Å²) in [5, 5.41) is 9.37. The highest BCUT2D eigenvalue weighted by Gasteiger charge is 2.11. The van der Waals surface area contributed by atoms with Gasteiger partial charge in [-0.25, -0.2) is 0 Å². The third-order valence-electron chi connectivity index (χ3n) is 4.06. The molecule has 0 saturated carbocycles. The van der Waals surface area contributed by atoms with E-state index in [2.05, 4.69) is 34.9 Å². The molecule has 0 bridgehead atoms. The van der Waals surface area contributed by atoms with Crippen molar-refractivity contribution in [3.05, 3.63) is 76.3 Å². The van der Waals surface area contributed by atoms with Crippen molar-refractivity contribution in [2.75, 3.05) is 11.9 Å². The van der Waals surface area contributed by atoms with Crippen LogP contribution in [-0.4, -0.2) is 12.5 Å². The van der Waals surface area contributed by atoms with Gasteiger partial charge in [0.1, 0.15) is 0 Å². The molecule has 1 amide bonds. The van der Waals surface area contributed by atoms with Crippen LogP contribution in [0.2, 0.25) is 10.0 Å². The van der Waals surface area contributed by atoms with E-state index in [0.29, 0.717) is 15.7 Å². The molecule has 0 saturated heterocycles. The van der Waals surface area contributed by atoms with Crippen LogP contribution in [0.4, 0.5) is 5.69 Å². The van der Waals surface area contributed by atoms with Gasteiger partial charge in [0.05, 0.1) is 17.3 Å². The number of rotatable bonds is 5. The first-order valence-electron chi connectivity index (χ1n) is 8.00. The first kappa shape index (κ1) is 17.7. The summed E-state index contributed by atoms with van der Waals surface area (Å²) in [5.41, 5.74) is 1.71. The number of nitrogens with one attached hydrogen (secondary N) is 2. The summed E-state index contributed by atoms with van der Waals surface area (Å²) in [6, 6.07) is 19.4. The Balaban J connectivity index is 1.65. The van der Waals surface area contributed by atoms with Gasteiger partial charge in [0, 0.05) is 11.1 Å². The molecule has 0 radical (unpaired) electrons. The molecule has 25 heavy (non-hydrogen) atoms. The van der Waals surface area contributed by atoms with Crippen molar-refractivity contribution in [1.82, 2.24) is 5.32 Å². The molecule has 1 atom stereocenters. The lowest BCUT2D eigenvalue weighted by atomic mass is 10.00. The van der Waals surface area contributed by atoms with E-state index in [1.54, 1.807) is 18.2 Å². The largest absolute Gasteiger partial charge is 0.324 e. The number of carbonyl (C=O) groups excluding carboxylic acids is 1. The number of carbonyl (C=O) groups is 1. The third-order valence-corrected chi connectivity index (χ3v) is 4.61. The van der Waals surface area contributed by atoms with E-state index in [9.17, 15) is 4.79 Å². The normalized spacial score (nSPS) is 12.1. The minimum absolute atomic E-state index is 0.0394. The van der Waals surface area contributed by atoms with Crippen LogP contribution in [0.25, 0.3) is 10.8 Å². The van der Waals surface area contributed by atoms with Gasteiger partial charge in [0.25, 0.3) is 0 Å². The van der Waals surface area contributed by atoms with Crippen molar-refractivity contribution < 1.29 is 4.79 Å². The second-order valence-corrected chi connectivity index (χ2v) is 6.69. The Labute approximate surface area is 156 Å². The van der Waals surface area contributed by atoms with Crippen molar-refractivity contribution in [3.63, 3.8) is 0 Å². The number of amides is 1. The third kappa shape index (κ3) is 4.31. The molecule has 3 aromatic rings. The van der Waals surface area contributed by atoms with Crippen molar-refractivity contribution in [3.8, 4) is 0 Å². The maximum Gasteiger partial charge on any atom is 0.238 e. The van der Waals surface area contributed by atoms with Crippen LogP contribution in [0.3, 0.4) is 0 Å². The summed E-state index contributed by atoms with van der Waals surface area (Å²) < 4.78 is 0. The Kier molecular flexibility index (Phi) is 5.59. The lowest BCUT2D eigenvalue weighted by Gasteiger charge is -2.16. The average molecular weight is 373 g/mol. The Morgan fingerprint density at radius 2 is 1.80 bits per heavy atom. The average Bonchev–Trinajstić information content (AvgIpc) is 2.61. The summed E-state index contributed by atoms with van der Waals surface area (Å²) in [7, 11) is 0. The van der Waals surface area contributed by atoms with E-state index in [1.165, 1.54) is 10.8 Å². The molecule has 0 aromatic heterocycles.